The molecular formula is C29H29ClN4O2S. The van der Waals surface area contributed by atoms with Crippen LogP contribution in [0.2, 0.25) is 5.02 Å². The summed E-state index contributed by atoms with van der Waals surface area (Å²) in [6.07, 6.45) is 6.43. The number of rotatable bonds is 9. The van der Waals surface area contributed by atoms with Crippen molar-refractivity contribution in [3.8, 4) is 0 Å². The lowest BCUT2D eigenvalue weighted by Gasteiger charge is -2.24. The molecule has 0 saturated heterocycles. The summed E-state index contributed by atoms with van der Waals surface area (Å²) < 4.78 is 18.2. The lowest BCUT2D eigenvalue weighted by molar-refractivity contribution is -0.118. The van der Waals surface area contributed by atoms with Crippen LogP contribution in [0.25, 0.3) is 0 Å². The maximum absolute atomic E-state index is 13.5. The number of amides is 1. The molecule has 0 saturated carbocycles. The minimum atomic E-state index is -1.40. The summed E-state index contributed by atoms with van der Waals surface area (Å²) >= 11 is 6.10. The molecule has 4 aromatic rings. The highest BCUT2D eigenvalue weighted by atomic mass is 35.5. The minimum Gasteiger partial charge on any atom is -0.337 e. The van der Waals surface area contributed by atoms with E-state index >= 15 is 0 Å². The molecule has 0 spiro atoms. The second-order valence-corrected chi connectivity index (χ2v) is 10.9. The number of nitrogens with zero attached hydrogens (tertiary/aromatic N) is 3. The van der Waals surface area contributed by atoms with Crippen LogP contribution in [0.5, 0.6) is 0 Å². The summed E-state index contributed by atoms with van der Waals surface area (Å²) in [5.41, 5.74) is 4.24. The van der Waals surface area contributed by atoms with Crippen molar-refractivity contribution in [3.63, 3.8) is 0 Å². The zero-order chi connectivity index (χ0) is 25.8. The van der Waals surface area contributed by atoms with Crippen molar-refractivity contribution in [2.45, 2.75) is 43.2 Å². The van der Waals surface area contributed by atoms with Crippen molar-refractivity contribution in [2.24, 2.45) is 7.05 Å². The molecule has 1 amide bonds. The van der Waals surface area contributed by atoms with Gasteiger partial charge in [-0.1, -0.05) is 54.1 Å². The molecule has 190 valence electrons. The van der Waals surface area contributed by atoms with E-state index in [0.29, 0.717) is 29.3 Å². The largest absolute Gasteiger partial charge is 0.337 e. The first kappa shape index (κ1) is 25.4. The molecule has 0 radical (unpaired) electrons. The molecule has 1 aliphatic carbocycles. The highest BCUT2D eigenvalue weighted by molar-refractivity contribution is 7.83. The third kappa shape index (κ3) is 6.01. The van der Waals surface area contributed by atoms with Gasteiger partial charge in [0.1, 0.15) is 16.8 Å². The molecule has 1 heterocycles. The van der Waals surface area contributed by atoms with Crippen LogP contribution in [0.15, 0.2) is 90.1 Å². The fourth-order valence-corrected chi connectivity index (χ4v) is 6.03. The second kappa shape index (κ2) is 11.4. The number of nitrogens with one attached hydrogen (secondary N) is 1. The zero-order valence-corrected chi connectivity index (χ0v) is 22.2. The van der Waals surface area contributed by atoms with E-state index in [1.54, 1.807) is 30.5 Å². The Morgan fingerprint density at radius 1 is 1.14 bits per heavy atom. The molecule has 3 aromatic carbocycles. The van der Waals surface area contributed by atoms with Crippen molar-refractivity contribution < 1.29 is 9.00 Å². The van der Waals surface area contributed by atoms with Gasteiger partial charge in [-0.25, -0.2) is 13.9 Å². The number of benzene rings is 3. The number of imidazole rings is 1. The van der Waals surface area contributed by atoms with Crippen LogP contribution in [0, 0.1) is 0 Å². The quantitative estimate of drug-likeness (QED) is 0.308. The smallest absolute Gasteiger partial charge is 0.227 e. The monoisotopic (exact) mass is 532 g/mol. The highest BCUT2D eigenvalue weighted by Gasteiger charge is 2.27. The average molecular weight is 533 g/mol. The zero-order valence-electron chi connectivity index (χ0n) is 20.6. The first-order chi connectivity index (χ1) is 18.0. The number of aryl methyl sites for hydroxylation is 3. The van der Waals surface area contributed by atoms with Gasteiger partial charge < -0.3 is 9.47 Å². The predicted octanol–water partition coefficient (Wildman–Crippen LogP) is 5.54. The molecule has 2 atom stereocenters. The van der Waals surface area contributed by atoms with E-state index in [0.717, 1.165) is 35.5 Å². The molecule has 1 aromatic heterocycles. The number of aromatic nitrogens is 2. The van der Waals surface area contributed by atoms with Gasteiger partial charge in [-0.05, 0) is 66.3 Å². The van der Waals surface area contributed by atoms with Crippen molar-refractivity contribution in [3.05, 3.63) is 113 Å². The van der Waals surface area contributed by atoms with Crippen molar-refractivity contribution in [1.82, 2.24) is 14.3 Å². The topological polar surface area (TPSA) is 67.2 Å². The van der Waals surface area contributed by atoms with E-state index in [-0.39, 0.29) is 11.9 Å². The van der Waals surface area contributed by atoms with Crippen LogP contribution in [-0.2, 0) is 42.2 Å². The molecule has 0 fully saturated rings. The summed E-state index contributed by atoms with van der Waals surface area (Å²) in [5.74, 6) is 0.849. The molecule has 2 unspecified atom stereocenters. The van der Waals surface area contributed by atoms with E-state index in [4.69, 9.17) is 11.6 Å². The van der Waals surface area contributed by atoms with Gasteiger partial charge >= 0.3 is 0 Å². The molecule has 37 heavy (non-hydrogen) atoms. The third-order valence-electron chi connectivity index (χ3n) is 6.77. The Morgan fingerprint density at radius 2 is 1.97 bits per heavy atom. The van der Waals surface area contributed by atoms with Gasteiger partial charge in [0.25, 0.3) is 0 Å². The Morgan fingerprint density at radius 3 is 2.73 bits per heavy atom. The lowest BCUT2D eigenvalue weighted by Crippen LogP contribution is -2.32. The van der Waals surface area contributed by atoms with Crippen LogP contribution in [0.3, 0.4) is 0 Å². The van der Waals surface area contributed by atoms with Crippen molar-refractivity contribution >= 4 is 34.2 Å². The molecule has 6 nitrogen and oxygen atoms in total. The maximum atomic E-state index is 13.5. The summed E-state index contributed by atoms with van der Waals surface area (Å²) in [7, 11) is 0.535. The summed E-state index contributed by atoms with van der Waals surface area (Å²) in [5, 5.41) is 0.556. The standard InChI is InChI=1S/C29H29ClN4O2S/c1-33-17-16-31-28(33)20-34(29(35)15-10-21-6-3-2-4-7-21)24-13-11-22-12-14-27(26(22)19-24)32-37(36)25-9-5-8-23(30)18-25/h2-9,11,13,16-19,27,32H,10,12,14-15,20H2,1H3. The van der Waals surface area contributed by atoms with Gasteiger partial charge in [-0.2, -0.15) is 0 Å². The first-order valence-electron chi connectivity index (χ1n) is 12.3. The van der Waals surface area contributed by atoms with Gasteiger partial charge in [0.2, 0.25) is 5.91 Å². The maximum Gasteiger partial charge on any atom is 0.227 e. The summed E-state index contributed by atoms with van der Waals surface area (Å²) in [4.78, 5) is 20.5. The van der Waals surface area contributed by atoms with E-state index < -0.39 is 11.0 Å². The van der Waals surface area contributed by atoms with Crippen LogP contribution in [-0.4, -0.2) is 19.7 Å². The average Bonchev–Trinajstić information content (AvgIpc) is 3.51. The van der Waals surface area contributed by atoms with Gasteiger partial charge in [-0.15, -0.1) is 0 Å². The Kier molecular flexibility index (Phi) is 7.84. The SMILES string of the molecule is Cn1ccnc1CN(C(=O)CCc1ccccc1)c1ccc2c(c1)C(NS(=O)c1cccc(Cl)c1)CC2. The summed E-state index contributed by atoms with van der Waals surface area (Å²) in [6.45, 7) is 0.377. The van der Waals surface area contributed by atoms with E-state index in [2.05, 4.69) is 21.8 Å². The normalized spacial score (nSPS) is 15.4. The second-order valence-electron chi connectivity index (χ2n) is 9.24. The Hall–Kier alpha value is -3.26. The summed E-state index contributed by atoms with van der Waals surface area (Å²) in [6, 6.07) is 23.2. The van der Waals surface area contributed by atoms with Gasteiger partial charge in [0.05, 0.1) is 11.4 Å². The lowest BCUT2D eigenvalue weighted by atomic mass is 10.1. The Bertz CT molecular complexity index is 1420. The first-order valence-corrected chi connectivity index (χ1v) is 13.9. The third-order valence-corrected chi connectivity index (χ3v) is 8.19. The number of carbonyl (C=O) groups excluding carboxylic acids is 1. The molecule has 0 bridgehead atoms. The molecule has 1 N–H and O–H groups in total. The number of carbonyl (C=O) groups is 1. The molecular weight excluding hydrogens is 504 g/mol. The number of hydrogen-bond donors (Lipinski definition) is 1. The van der Waals surface area contributed by atoms with Crippen molar-refractivity contribution in [2.75, 3.05) is 4.90 Å². The van der Waals surface area contributed by atoms with Gasteiger partial charge in [0, 0.05) is 42.6 Å². The highest BCUT2D eigenvalue weighted by Crippen LogP contribution is 2.35. The van der Waals surface area contributed by atoms with Gasteiger partial charge in [0.15, 0.2) is 0 Å². The number of hydrogen-bond acceptors (Lipinski definition) is 3. The van der Waals surface area contributed by atoms with Crippen LogP contribution < -0.4 is 9.62 Å². The minimum absolute atomic E-state index is 0.0387. The van der Waals surface area contributed by atoms with Gasteiger partial charge in [-0.3, -0.25) is 4.79 Å². The number of halogens is 1. The van der Waals surface area contributed by atoms with Crippen LogP contribution in [0.4, 0.5) is 5.69 Å². The van der Waals surface area contributed by atoms with Crippen LogP contribution in [0.1, 0.15) is 41.4 Å². The van der Waals surface area contributed by atoms with E-state index in [9.17, 15) is 9.00 Å². The fraction of sp³-hybridized carbons (Fsp3) is 0.241. The molecule has 5 rings (SSSR count). The molecule has 0 aliphatic heterocycles. The Balaban J connectivity index is 1.39. The molecule has 1 aliphatic rings. The number of fused-ring (bicyclic) bond motifs is 1. The van der Waals surface area contributed by atoms with E-state index in [1.165, 1.54) is 5.56 Å². The fourth-order valence-electron chi connectivity index (χ4n) is 4.70. The van der Waals surface area contributed by atoms with E-state index in [1.807, 2.05) is 59.1 Å². The van der Waals surface area contributed by atoms with Crippen molar-refractivity contribution in [1.29, 1.82) is 0 Å². The Labute approximate surface area is 224 Å². The predicted molar refractivity (Wildman–Crippen MR) is 148 cm³/mol. The number of anilines is 1. The molecule has 8 heteroatoms. The van der Waals surface area contributed by atoms with Crippen LogP contribution >= 0.6 is 11.6 Å².